The molecule has 1 heteroatoms. The average molecular weight is 299 g/mol. The Morgan fingerprint density at radius 1 is 0.696 bits per heavy atom. The SMILES string of the molecule is Cc1ccc2c(c1)C(C)(C)c1ccccc1N2c1ccccc1. The van der Waals surface area contributed by atoms with Crippen LogP contribution < -0.4 is 4.90 Å². The molecule has 0 bridgehead atoms. The Morgan fingerprint density at radius 2 is 1.35 bits per heavy atom. The first-order chi connectivity index (χ1) is 11.1. The summed E-state index contributed by atoms with van der Waals surface area (Å²) in [5, 5.41) is 0. The Balaban J connectivity index is 2.06. The van der Waals surface area contributed by atoms with Gasteiger partial charge in [-0.2, -0.15) is 0 Å². The fourth-order valence-electron chi connectivity index (χ4n) is 3.67. The van der Waals surface area contributed by atoms with E-state index in [0.717, 1.165) is 0 Å². The lowest BCUT2D eigenvalue weighted by atomic mass is 9.73. The first-order valence-electron chi connectivity index (χ1n) is 8.15. The number of fused-ring (bicyclic) bond motifs is 2. The van der Waals surface area contributed by atoms with Crippen LogP contribution in [0, 0.1) is 6.92 Å². The molecule has 0 atom stereocenters. The zero-order chi connectivity index (χ0) is 16.0. The van der Waals surface area contributed by atoms with Crippen molar-refractivity contribution in [3.05, 3.63) is 89.5 Å². The standard InChI is InChI=1S/C22H21N/c1-16-13-14-21-19(15-16)22(2,3)18-11-7-8-12-20(18)23(21)17-9-5-4-6-10-17/h4-15H,1-3H3. The molecule has 4 rings (SSSR count). The van der Waals surface area contributed by atoms with Crippen LogP contribution in [0.4, 0.5) is 17.1 Å². The Hall–Kier alpha value is -2.54. The molecule has 0 spiro atoms. The average Bonchev–Trinajstić information content (AvgIpc) is 2.57. The van der Waals surface area contributed by atoms with E-state index in [0.29, 0.717) is 0 Å². The summed E-state index contributed by atoms with van der Waals surface area (Å²) in [5.41, 5.74) is 7.85. The summed E-state index contributed by atoms with van der Waals surface area (Å²) < 4.78 is 0. The number of benzene rings is 3. The number of rotatable bonds is 1. The van der Waals surface area contributed by atoms with Crippen molar-refractivity contribution in [1.29, 1.82) is 0 Å². The highest BCUT2D eigenvalue weighted by molar-refractivity contribution is 5.85. The van der Waals surface area contributed by atoms with E-state index in [1.807, 2.05) is 0 Å². The van der Waals surface area contributed by atoms with Gasteiger partial charge in [-0.1, -0.05) is 67.9 Å². The molecule has 0 aromatic heterocycles. The van der Waals surface area contributed by atoms with Gasteiger partial charge in [0.15, 0.2) is 0 Å². The van der Waals surface area contributed by atoms with Crippen molar-refractivity contribution in [2.24, 2.45) is 0 Å². The van der Waals surface area contributed by atoms with Gasteiger partial charge < -0.3 is 4.90 Å². The number of hydrogen-bond donors (Lipinski definition) is 0. The minimum atomic E-state index is 0.00320. The van der Waals surface area contributed by atoms with Crippen molar-refractivity contribution >= 4 is 17.1 Å². The van der Waals surface area contributed by atoms with Gasteiger partial charge in [0.05, 0.1) is 11.4 Å². The van der Waals surface area contributed by atoms with Crippen LogP contribution in [0.25, 0.3) is 0 Å². The van der Waals surface area contributed by atoms with Crippen LogP contribution in [0.3, 0.4) is 0 Å². The van der Waals surface area contributed by atoms with Gasteiger partial charge in [-0.3, -0.25) is 0 Å². The predicted octanol–water partition coefficient (Wildman–Crippen LogP) is 6.10. The Kier molecular flexibility index (Phi) is 3.05. The van der Waals surface area contributed by atoms with Crippen LogP contribution in [0.1, 0.15) is 30.5 Å². The normalized spacial score (nSPS) is 15.0. The molecule has 0 aliphatic carbocycles. The van der Waals surface area contributed by atoms with E-state index in [1.54, 1.807) is 0 Å². The summed E-state index contributed by atoms with van der Waals surface area (Å²) in [6.45, 7) is 6.82. The predicted molar refractivity (Wildman–Crippen MR) is 98.0 cm³/mol. The van der Waals surface area contributed by atoms with Gasteiger partial charge >= 0.3 is 0 Å². The molecule has 1 heterocycles. The van der Waals surface area contributed by atoms with Gasteiger partial charge in [-0.15, -0.1) is 0 Å². The zero-order valence-corrected chi connectivity index (χ0v) is 13.9. The highest BCUT2D eigenvalue weighted by Crippen LogP contribution is 2.51. The minimum absolute atomic E-state index is 0.00320. The second-order valence-electron chi connectivity index (χ2n) is 6.83. The summed E-state index contributed by atoms with van der Waals surface area (Å²) in [6, 6.07) is 26.2. The lowest BCUT2D eigenvalue weighted by Crippen LogP contribution is -2.30. The van der Waals surface area contributed by atoms with E-state index in [-0.39, 0.29) is 5.41 Å². The molecule has 0 saturated heterocycles. The number of para-hydroxylation sites is 2. The van der Waals surface area contributed by atoms with Gasteiger partial charge in [0, 0.05) is 11.1 Å². The number of hydrogen-bond acceptors (Lipinski definition) is 1. The number of nitrogens with zero attached hydrogens (tertiary/aromatic N) is 1. The van der Waals surface area contributed by atoms with Crippen LogP contribution in [0.15, 0.2) is 72.8 Å². The number of aryl methyl sites for hydroxylation is 1. The molecule has 3 aromatic rings. The van der Waals surface area contributed by atoms with Gasteiger partial charge in [0.25, 0.3) is 0 Å². The molecular weight excluding hydrogens is 278 g/mol. The Labute approximate surface area is 138 Å². The third-order valence-corrected chi connectivity index (χ3v) is 4.90. The highest BCUT2D eigenvalue weighted by atomic mass is 15.2. The molecule has 0 unspecified atom stereocenters. The van der Waals surface area contributed by atoms with Crippen molar-refractivity contribution in [3.63, 3.8) is 0 Å². The monoisotopic (exact) mass is 299 g/mol. The maximum atomic E-state index is 2.38. The first kappa shape index (κ1) is 14.1. The Morgan fingerprint density at radius 3 is 2.13 bits per heavy atom. The molecule has 1 aliphatic rings. The smallest absolute Gasteiger partial charge is 0.0502 e. The molecule has 114 valence electrons. The lowest BCUT2D eigenvalue weighted by Gasteiger charge is -2.42. The van der Waals surface area contributed by atoms with Gasteiger partial charge in [0.2, 0.25) is 0 Å². The molecule has 0 radical (unpaired) electrons. The van der Waals surface area contributed by atoms with Crippen molar-refractivity contribution in [3.8, 4) is 0 Å². The fourth-order valence-corrected chi connectivity index (χ4v) is 3.67. The minimum Gasteiger partial charge on any atom is -0.310 e. The van der Waals surface area contributed by atoms with E-state index in [9.17, 15) is 0 Å². The lowest BCUT2D eigenvalue weighted by molar-refractivity contribution is 0.631. The van der Waals surface area contributed by atoms with Crippen LogP contribution >= 0.6 is 0 Å². The topological polar surface area (TPSA) is 3.24 Å². The van der Waals surface area contributed by atoms with E-state index in [1.165, 1.54) is 33.8 Å². The van der Waals surface area contributed by atoms with E-state index >= 15 is 0 Å². The Bertz CT molecular complexity index is 862. The summed E-state index contributed by atoms with van der Waals surface area (Å²) >= 11 is 0. The largest absolute Gasteiger partial charge is 0.310 e. The quantitative estimate of drug-likeness (QED) is 0.524. The van der Waals surface area contributed by atoms with E-state index in [4.69, 9.17) is 0 Å². The molecule has 0 saturated carbocycles. The van der Waals surface area contributed by atoms with Gasteiger partial charge in [-0.25, -0.2) is 0 Å². The number of anilines is 3. The zero-order valence-electron chi connectivity index (χ0n) is 13.9. The van der Waals surface area contributed by atoms with Crippen molar-refractivity contribution in [2.45, 2.75) is 26.2 Å². The molecule has 1 aliphatic heterocycles. The van der Waals surface area contributed by atoms with Crippen molar-refractivity contribution in [1.82, 2.24) is 0 Å². The van der Waals surface area contributed by atoms with Crippen LogP contribution in [-0.4, -0.2) is 0 Å². The van der Waals surface area contributed by atoms with Crippen LogP contribution in [-0.2, 0) is 5.41 Å². The van der Waals surface area contributed by atoms with Crippen LogP contribution in [0.5, 0.6) is 0 Å². The van der Waals surface area contributed by atoms with E-state index < -0.39 is 0 Å². The summed E-state index contributed by atoms with van der Waals surface area (Å²) in [4.78, 5) is 2.38. The molecule has 0 fully saturated rings. The van der Waals surface area contributed by atoms with Crippen molar-refractivity contribution in [2.75, 3.05) is 4.90 Å². The van der Waals surface area contributed by atoms with E-state index in [2.05, 4.69) is 98.5 Å². The highest BCUT2D eigenvalue weighted by Gasteiger charge is 2.36. The second-order valence-corrected chi connectivity index (χ2v) is 6.83. The molecule has 0 N–H and O–H groups in total. The molecule has 1 nitrogen and oxygen atoms in total. The third kappa shape index (κ3) is 2.08. The third-order valence-electron chi connectivity index (χ3n) is 4.90. The summed E-state index contributed by atoms with van der Waals surface area (Å²) in [6.07, 6.45) is 0. The maximum Gasteiger partial charge on any atom is 0.0502 e. The van der Waals surface area contributed by atoms with Crippen molar-refractivity contribution < 1.29 is 0 Å². The van der Waals surface area contributed by atoms with Gasteiger partial charge in [0.1, 0.15) is 0 Å². The second kappa shape index (κ2) is 4.99. The molecule has 0 amide bonds. The van der Waals surface area contributed by atoms with Gasteiger partial charge in [-0.05, 0) is 42.3 Å². The van der Waals surface area contributed by atoms with Crippen LogP contribution in [0.2, 0.25) is 0 Å². The first-order valence-corrected chi connectivity index (χ1v) is 8.15. The molecular formula is C22H21N. The molecule has 3 aromatic carbocycles. The molecule has 23 heavy (non-hydrogen) atoms. The maximum absolute atomic E-state index is 2.38. The summed E-state index contributed by atoms with van der Waals surface area (Å²) in [5.74, 6) is 0. The fraction of sp³-hybridized carbons (Fsp3) is 0.182. The summed E-state index contributed by atoms with van der Waals surface area (Å²) in [7, 11) is 0.